The van der Waals surface area contributed by atoms with E-state index in [4.69, 9.17) is 16.3 Å². The second kappa shape index (κ2) is 6.75. The molecule has 1 aliphatic heterocycles. The van der Waals surface area contributed by atoms with Crippen molar-refractivity contribution in [2.24, 2.45) is 0 Å². The lowest BCUT2D eigenvalue weighted by Gasteiger charge is -2.32. The molecule has 0 fully saturated rings. The first-order chi connectivity index (χ1) is 11.5. The zero-order valence-electron chi connectivity index (χ0n) is 13.9. The molecule has 0 saturated heterocycles. The molecular weight excluding hydrogens is 328 g/mol. The number of benzene rings is 1. The first-order valence-electron chi connectivity index (χ1n) is 7.74. The van der Waals surface area contributed by atoms with Gasteiger partial charge in [-0.15, -0.1) is 10.2 Å². The Labute approximate surface area is 146 Å². The standard InChI is InChI=1S/C17H19ClN4O2/c1-11(23)12-5-6-13-15(9-12)24-17-14(10-16(18)19-20-17)22(13)8-4-7-21(2)3/h5-6,9-10H,4,7-8H2,1-3H3. The molecule has 1 aliphatic rings. The molecule has 0 atom stereocenters. The van der Waals surface area contributed by atoms with Crippen LogP contribution in [0.2, 0.25) is 5.15 Å². The van der Waals surface area contributed by atoms with Crippen molar-refractivity contribution in [3.8, 4) is 11.6 Å². The van der Waals surface area contributed by atoms with Crippen LogP contribution in [0.1, 0.15) is 23.7 Å². The third-order valence-corrected chi connectivity index (χ3v) is 4.04. The molecule has 0 unspecified atom stereocenters. The van der Waals surface area contributed by atoms with Gasteiger partial charge in [0.25, 0.3) is 5.88 Å². The molecule has 1 aromatic heterocycles. The number of anilines is 2. The number of fused-ring (bicyclic) bond motifs is 2. The zero-order chi connectivity index (χ0) is 17.3. The van der Waals surface area contributed by atoms with Gasteiger partial charge in [-0.1, -0.05) is 11.6 Å². The topological polar surface area (TPSA) is 58.6 Å². The van der Waals surface area contributed by atoms with Crippen LogP contribution in [-0.4, -0.2) is 48.1 Å². The van der Waals surface area contributed by atoms with Crippen LogP contribution in [0.4, 0.5) is 11.4 Å². The molecule has 0 bridgehead atoms. The van der Waals surface area contributed by atoms with Gasteiger partial charge in [-0.05, 0) is 52.2 Å². The van der Waals surface area contributed by atoms with E-state index in [1.54, 1.807) is 12.1 Å². The SMILES string of the molecule is CC(=O)c1ccc2c(c1)Oc1nnc(Cl)cc1N2CCCN(C)C. The molecule has 0 N–H and O–H groups in total. The summed E-state index contributed by atoms with van der Waals surface area (Å²) in [6.07, 6.45) is 0.959. The normalized spacial score (nSPS) is 12.6. The summed E-state index contributed by atoms with van der Waals surface area (Å²) >= 11 is 6.01. The maximum absolute atomic E-state index is 11.6. The highest BCUT2D eigenvalue weighted by Crippen LogP contribution is 2.46. The number of hydrogen-bond donors (Lipinski definition) is 0. The van der Waals surface area contributed by atoms with E-state index in [9.17, 15) is 4.79 Å². The maximum Gasteiger partial charge on any atom is 0.263 e. The fourth-order valence-electron chi connectivity index (χ4n) is 2.67. The Morgan fingerprint density at radius 1 is 1.25 bits per heavy atom. The number of carbonyl (C=O) groups is 1. The Balaban J connectivity index is 1.99. The van der Waals surface area contributed by atoms with Crippen molar-refractivity contribution < 1.29 is 9.53 Å². The Hall–Kier alpha value is -2.18. The molecule has 0 aliphatic carbocycles. The number of halogens is 1. The van der Waals surface area contributed by atoms with Crippen LogP contribution in [0.25, 0.3) is 0 Å². The van der Waals surface area contributed by atoms with Crippen LogP contribution >= 0.6 is 11.6 Å². The molecule has 0 radical (unpaired) electrons. The van der Waals surface area contributed by atoms with Gasteiger partial charge in [0, 0.05) is 18.2 Å². The average Bonchev–Trinajstić information content (AvgIpc) is 2.53. The predicted molar refractivity (Wildman–Crippen MR) is 93.7 cm³/mol. The first-order valence-corrected chi connectivity index (χ1v) is 8.12. The van der Waals surface area contributed by atoms with Gasteiger partial charge in [0.15, 0.2) is 16.7 Å². The number of aromatic nitrogens is 2. The molecule has 1 aromatic carbocycles. The lowest BCUT2D eigenvalue weighted by molar-refractivity contribution is 0.101. The zero-order valence-corrected chi connectivity index (χ0v) is 14.7. The van der Waals surface area contributed by atoms with Gasteiger partial charge in [-0.3, -0.25) is 4.79 Å². The smallest absolute Gasteiger partial charge is 0.263 e. The monoisotopic (exact) mass is 346 g/mol. The van der Waals surface area contributed by atoms with E-state index in [2.05, 4.69) is 20.0 Å². The van der Waals surface area contributed by atoms with Gasteiger partial charge >= 0.3 is 0 Å². The summed E-state index contributed by atoms with van der Waals surface area (Å²) in [5, 5.41) is 8.22. The van der Waals surface area contributed by atoms with Gasteiger partial charge in [0.05, 0.1) is 5.69 Å². The molecule has 0 amide bonds. The summed E-state index contributed by atoms with van der Waals surface area (Å²) in [5.41, 5.74) is 2.29. The number of Topliss-reactive ketones (excluding diaryl/α,β-unsaturated/α-hetero) is 1. The van der Waals surface area contributed by atoms with Gasteiger partial charge in [0.1, 0.15) is 5.69 Å². The third-order valence-electron chi connectivity index (χ3n) is 3.85. The van der Waals surface area contributed by atoms with Crippen LogP contribution in [0.5, 0.6) is 11.6 Å². The van der Waals surface area contributed by atoms with Gasteiger partial charge in [0.2, 0.25) is 0 Å². The van der Waals surface area contributed by atoms with Gasteiger partial charge in [-0.2, -0.15) is 0 Å². The van der Waals surface area contributed by atoms with Crippen molar-refractivity contribution in [1.82, 2.24) is 15.1 Å². The van der Waals surface area contributed by atoms with E-state index < -0.39 is 0 Å². The van der Waals surface area contributed by atoms with Crippen LogP contribution in [0, 0.1) is 0 Å². The molecule has 126 valence electrons. The van der Waals surface area contributed by atoms with Crippen molar-refractivity contribution in [2.75, 3.05) is 32.1 Å². The number of carbonyl (C=O) groups excluding carboxylic acids is 1. The quantitative estimate of drug-likeness (QED) is 0.772. The molecule has 6 nitrogen and oxygen atoms in total. The lowest BCUT2D eigenvalue weighted by atomic mass is 10.1. The number of nitrogens with zero attached hydrogens (tertiary/aromatic N) is 4. The highest BCUT2D eigenvalue weighted by atomic mass is 35.5. The summed E-state index contributed by atoms with van der Waals surface area (Å²) in [6, 6.07) is 7.21. The molecule has 0 spiro atoms. The first kappa shape index (κ1) is 16.7. The Morgan fingerprint density at radius 2 is 2.04 bits per heavy atom. The second-order valence-electron chi connectivity index (χ2n) is 6.01. The molecule has 7 heteroatoms. The molecule has 3 rings (SSSR count). The minimum atomic E-state index is -0.00598. The number of hydrogen-bond acceptors (Lipinski definition) is 6. The molecule has 2 heterocycles. The van der Waals surface area contributed by atoms with Crippen molar-refractivity contribution >= 4 is 28.8 Å². The summed E-state index contributed by atoms with van der Waals surface area (Å²) in [6.45, 7) is 3.27. The molecular formula is C17H19ClN4O2. The average molecular weight is 347 g/mol. The van der Waals surface area contributed by atoms with E-state index in [0.717, 1.165) is 30.9 Å². The maximum atomic E-state index is 11.6. The summed E-state index contributed by atoms with van der Waals surface area (Å²) < 4.78 is 5.84. The van der Waals surface area contributed by atoms with E-state index >= 15 is 0 Å². The predicted octanol–water partition coefficient (Wildman–Crippen LogP) is 3.53. The molecule has 2 aromatic rings. The van der Waals surface area contributed by atoms with Gasteiger partial charge in [-0.25, -0.2) is 0 Å². The van der Waals surface area contributed by atoms with Crippen molar-refractivity contribution in [3.05, 3.63) is 35.0 Å². The second-order valence-corrected chi connectivity index (χ2v) is 6.39. The lowest BCUT2D eigenvalue weighted by Crippen LogP contribution is -2.26. The van der Waals surface area contributed by atoms with Crippen LogP contribution in [-0.2, 0) is 0 Å². The number of ketones is 1. The minimum absolute atomic E-state index is 0.00598. The largest absolute Gasteiger partial charge is 0.434 e. The minimum Gasteiger partial charge on any atom is -0.434 e. The highest BCUT2D eigenvalue weighted by Gasteiger charge is 2.26. The van der Waals surface area contributed by atoms with E-state index in [1.165, 1.54) is 6.92 Å². The van der Waals surface area contributed by atoms with Crippen molar-refractivity contribution in [3.63, 3.8) is 0 Å². The summed E-state index contributed by atoms with van der Waals surface area (Å²) in [7, 11) is 4.09. The van der Waals surface area contributed by atoms with Crippen LogP contribution in [0.3, 0.4) is 0 Å². The van der Waals surface area contributed by atoms with E-state index in [1.807, 2.05) is 26.2 Å². The number of ether oxygens (including phenoxy) is 1. The fourth-order valence-corrected chi connectivity index (χ4v) is 2.81. The summed E-state index contributed by atoms with van der Waals surface area (Å²) in [5.74, 6) is 1.00. The Kier molecular flexibility index (Phi) is 4.69. The fraction of sp³-hybridized carbons (Fsp3) is 0.353. The number of rotatable bonds is 5. The third kappa shape index (κ3) is 3.34. The van der Waals surface area contributed by atoms with E-state index in [0.29, 0.717) is 22.3 Å². The van der Waals surface area contributed by atoms with E-state index in [-0.39, 0.29) is 5.78 Å². The van der Waals surface area contributed by atoms with Gasteiger partial charge < -0.3 is 14.5 Å². The van der Waals surface area contributed by atoms with Crippen LogP contribution < -0.4 is 9.64 Å². The Morgan fingerprint density at radius 3 is 2.75 bits per heavy atom. The highest BCUT2D eigenvalue weighted by molar-refractivity contribution is 6.29. The molecule has 24 heavy (non-hydrogen) atoms. The Bertz CT molecular complexity index is 779. The van der Waals surface area contributed by atoms with Crippen molar-refractivity contribution in [1.29, 1.82) is 0 Å². The van der Waals surface area contributed by atoms with Crippen LogP contribution in [0.15, 0.2) is 24.3 Å². The molecule has 0 saturated carbocycles. The summed E-state index contributed by atoms with van der Waals surface area (Å²) in [4.78, 5) is 15.9. The van der Waals surface area contributed by atoms with Crippen molar-refractivity contribution in [2.45, 2.75) is 13.3 Å².